The summed E-state index contributed by atoms with van der Waals surface area (Å²) in [7, 11) is 0. The zero-order valence-electron chi connectivity index (χ0n) is 13.4. The number of aryl methyl sites for hydroxylation is 1. The molecule has 0 bridgehead atoms. The van der Waals surface area contributed by atoms with Gasteiger partial charge in [0.05, 0.1) is 24.3 Å². The van der Waals surface area contributed by atoms with Crippen molar-refractivity contribution in [3.05, 3.63) is 45.7 Å². The fourth-order valence-electron chi connectivity index (χ4n) is 2.35. The van der Waals surface area contributed by atoms with Gasteiger partial charge in [-0.2, -0.15) is 0 Å². The first-order chi connectivity index (χ1) is 11.0. The number of hydrogen-bond donors (Lipinski definition) is 0. The molecule has 23 heavy (non-hydrogen) atoms. The van der Waals surface area contributed by atoms with Crippen molar-refractivity contribution < 1.29 is 19.1 Å². The molecule has 0 saturated carbocycles. The lowest BCUT2D eigenvalue weighted by atomic mass is 10.1. The number of nitrogens with zero attached hydrogens (tertiary/aromatic N) is 1. The Bertz CT molecular complexity index is 806. The highest BCUT2D eigenvalue weighted by atomic mass is 16.5. The normalized spacial score (nSPS) is 10.6. The number of aromatic nitrogens is 1. The highest BCUT2D eigenvalue weighted by Gasteiger charge is 2.17. The average Bonchev–Trinajstić information content (AvgIpc) is 2.55. The minimum absolute atomic E-state index is 0.0396. The Labute approximate surface area is 133 Å². The van der Waals surface area contributed by atoms with Crippen molar-refractivity contribution in [1.82, 2.24) is 4.57 Å². The molecule has 0 radical (unpaired) electrons. The van der Waals surface area contributed by atoms with E-state index in [9.17, 15) is 14.4 Å². The number of pyridine rings is 1. The highest BCUT2D eigenvalue weighted by Crippen LogP contribution is 2.16. The van der Waals surface area contributed by atoms with Crippen LogP contribution in [0.2, 0.25) is 0 Å². The summed E-state index contributed by atoms with van der Waals surface area (Å²) in [6, 6.07) is 4.75. The molecule has 0 spiro atoms. The van der Waals surface area contributed by atoms with E-state index in [-0.39, 0.29) is 24.3 Å². The second-order valence-electron chi connectivity index (χ2n) is 4.83. The second kappa shape index (κ2) is 7.09. The number of benzene rings is 1. The Kier molecular flexibility index (Phi) is 5.16. The minimum atomic E-state index is -0.664. The van der Waals surface area contributed by atoms with Crippen LogP contribution in [0.25, 0.3) is 10.9 Å². The van der Waals surface area contributed by atoms with Crippen LogP contribution in [0, 0.1) is 0 Å². The van der Waals surface area contributed by atoms with Gasteiger partial charge in [-0.3, -0.25) is 4.79 Å². The number of rotatable bonds is 5. The van der Waals surface area contributed by atoms with Gasteiger partial charge in [-0.05, 0) is 39.0 Å². The second-order valence-corrected chi connectivity index (χ2v) is 4.83. The third-order valence-electron chi connectivity index (χ3n) is 3.43. The summed E-state index contributed by atoms with van der Waals surface area (Å²) in [5.74, 6) is -1.17. The summed E-state index contributed by atoms with van der Waals surface area (Å²) >= 11 is 0. The maximum Gasteiger partial charge on any atom is 0.343 e. The number of esters is 2. The molecule has 1 aromatic carbocycles. The van der Waals surface area contributed by atoms with Crippen LogP contribution < -0.4 is 5.43 Å². The van der Waals surface area contributed by atoms with Gasteiger partial charge in [0.2, 0.25) is 5.43 Å². The van der Waals surface area contributed by atoms with E-state index < -0.39 is 17.4 Å². The molecule has 0 aliphatic rings. The van der Waals surface area contributed by atoms with Gasteiger partial charge in [0, 0.05) is 18.1 Å². The molecule has 0 amide bonds. The van der Waals surface area contributed by atoms with Gasteiger partial charge in [0.15, 0.2) is 0 Å². The van der Waals surface area contributed by atoms with Crippen LogP contribution in [0.5, 0.6) is 0 Å². The summed E-state index contributed by atoms with van der Waals surface area (Å²) in [5.41, 5.74) is 0.440. The first-order valence-electron chi connectivity index (χ1n) is 7.54. The van der Waals surface area contributed by atoms with Crippen molar-refractivity contribution in [2.75, 3.05) is 13.2 Å². The average molecular weight is 317 g/mol. The van der Waals surface area contributed by atoms with Crippen LogP contribution >= 0.6 is 0 Å². The van der Waals surface area contributed by atoms with Crippen molar-refractivity contribution in [3.63, 3.8) is 0 Å². The van der Waals surface area contributed by atoms with Gasteiger partial charge in [0.25, 0.3) is 0 Å². The molecule has 0 aliphatic carbocycles. The van der Waals surface area contributed by atoms with Crippen molar-refractivity contribution in [2.45, 2.75) is 27.3 Å². The topological polar surface area (TPSA) is 74.6 Å². The molecular weight excluding hydrogens is 298 g/mol. The van der Waals surface area contributed by atoms with Gasteiger partial charge in [-0.15, -0.1) is 0 Å². The Morgan fingerprint density at radius 2 is 1.70 bits per heavy atom. The largest absolute Gasteiger partial charge is 0.462 e. The molecule has 1 heterocycles. The van der Waals surface area contributed by atoms with E-state index >= 15 is 0 Å². The van der Waals surface area contributed by atoms with Crippen molar-refractivity contribution in [1.29, 1.82) is 0 Å². The number of ether oxygens (including phenoxy) is 2. The van der Waals surface area contributed by atoms with Gasteiger partial charge in [-0.1, -0.05) is 0 Å². The molecule has 122 valence electrons. The van der Waals surface area contributed by atoms with E-state index in [0.717, 1.165) is 0 Å². The smallest absolute Gasteiger partial charge is 0.343 e. The first kappa shape index (κ1) is 16.7. The molecule has 2 aromatic rings. The van der Waals surface area contributed by atoms with Crippen LogP contribution in [0.4, 0.5) is 0 Å². The fraction of sp³-hybridized carbons (Fsp3) is 0.353. The Hall–Kier alpha value is -2.63. The maximum absolute atomic E-state index is 12.6. The molecular formula is C17H19NO5. The van der Waals surface area contributed by atoms with Gasteiger partial charge in [0.1, 0.15) is 5.56 Å². The van der Waals surface area contributed by atoms with Crippen LogP contribution in [-0.4, -0.2) is 29.7 Å². The summed E-state index contributed by atoms with van der Waals surface area (Å²) < 4.78 is 11.7. The monoisotopic (exact) mass is 317 g/mol. The van der Waals surface area contributed by atoms with Crippen LogP contribution in [0.3, 0.4) is 0 Å². The molecule has 1 aromatic heterocycles. The minimum Gasteiger partial charge on any atom is -0.462 e. The number of carbonyl (C=O) groups excluding carboxylic acids is 2. The molecule has 6 nitrogen and oxygen atoms in total. The van der Waals surface area contributed by atoms with Crippen molar-refractivity contribution in [2.24, 2.45) is 0 Å². The van der Waals surface area contributed by atoms with E-state index in [1.807, 2.05) is 6.92 Å². The predicted molar refractivity (Wildman–Crippen MR) is 85.8 cm³/mol. The van der Waals surface area contributed by atoms with Crippen LogP contribution in [-0.2, 0) is 16.0 Å². The summed E-state index contributed by atoms with van der Waals surface area (Å²) in [6.07, 6.45) is 1.49. The highest BCUT2D eigenvalue weighted by molar-refractivity contribution is 5.97. The third-order valence-corrected chi connectivity index (χ3v) is 3.43. The summed E-state index contributed by atoms with van der Waals surface area (Å²) in [5, 5.41) is 0.294. The zero-order valence-corrected chi connectivity index (χ0v) is 13.4. The molecule has 0 unspecified atom stereocenters. The van der Waals surface area contributed by atoms with Crippen LogP contribution in [0.15, 0.2) is 29.2 Å². The van der Waals surface area contributed by atoms with Gasteiger partial charge in [-0.25, -0.2) is 9.59 Å². The summed E-state index contributed by atoms with van der Waals surface area (Å²) in [4.78, 5) is 36.4. The third kappa shape index (κ3) is 3.26. The molecule has 0 N–H and O–H groups in total. The Balaban J connectivity index is 2.68. The number of fused-ring (bicyclic) bond motifs is 1. The predicted octanol–water partition coefficient (Wildman–Crippen LogP) is 2.37. The zero-order chi connectivity index (χ0) is 17.0. The molecule has 0 saturated heterocycles. The lowest BCUT2D eigenvalue weighted by molar-refractivity contribution is 0.0516. The molecule has 6 heteroatoms. The standard InChI is InChI=1S/C17H19NO5/c1-4-18-10-13(17(21)23-6-3)15(19)12-9-11(7-8-14(12)18)16(20)22-5-2/h7-10H,4-6H2,1-3H3. The maximum atomic E-state index is 12.6. The molecule has 0 fully saturated rings. The fourth-order valence-corrected chi connectivity index (χ4v) is 2.35. The van der Waals surface area contributed by atoms with E-state index in [1.54, 1.807) is 30.5 Å². The van der Waals surface area contributed by atoms with Crippen molar-refractivity contribution >= 4 is 22.8 Å². The van der Waals surface area contributed by atoms with Gasteiger partial charge >= 0.3 is 11.9 Å². The molecule has 0 atom stereocenters. The SMILES string of the molecule is CCOC(=O)c1ccc2c(c1)c(=O)c(C(=O)OCC)cn2CC. The number of hydrogen-bond acceptors (Lipinski definition) is 5. The van der Waals surface area contributed by atoms with E-state index in [2.05, 4.69) is 0 Å². The summed E-state index contributed by atoms with van der Waals surface area (Å²) in [6.45, 7) is 6.29. The van der Waals surface area contributed by atoms with Gasteiger partial charge < -0.3 is 14.0 Å². The van der Waals surface area contributed by atoms with E-state index in [4.69, 9.17) is 9.47 Å². The molecule has 2 rings (SSSR count). The number of carbonyl (C=O) groups is 2. The Morgan fingerprint density at radius 1 is 1.04 bits per heavy atom. The lowest BCUT2D eigenvalue weighted by Gasteiger charge is -2.12. The van der Waals surface area contributed by atoms with E-state index in [1.165, 1.54) is 12.3 Å². The lowest BCUT2D eigenvalue weighted by Crippen LogP contribution is -2.21. The quantitative estimate of drug-likeness (QED) is 0.792. The van der Waals surface area contributed by atoms with Crippen LogP contribution in [0.1, 0.15) is 41.5 Å². The Morgan fingerprint density at radius 3 is 2.30 bits per heavy atom. The molecule has 0 aliphatic heterocycles. The van der Waals surface area contributed by atoms with Crippen molar-refractivity contribution in [3.8, 4) is 0 Å². The van der Waals surface area contributed by atoms with E-state index in [0.29, 0.717) is 17.4 Å². The first-order valence-corrected chi connectivity index (χ1v) is 7.54.